The van der Waals surface area contributed by atoms with E-state index in [0.717, 1.165) is 4.90 Å². The van der Waals surface area contributed by atoms with Crippen LogP contribution in [0.3, 0.4) is 0 Å². The fourth-order valence-electron chi connectivity index (χ4n) is 3.25. The van der Waals surface area contributed by atoms with Crippen molar-refractivity contribution in [1.29, 1.82) is 0 Å². The number of hydrogen-bond acceptors (Lipinski definition) is 8. The zero-order valence-electron chi connectivity index (χ0n) is 17.8. The number of esters is 1. The van der Waals surface area contributed by atoms with Crippen molar-refractivity contribution in [2.45, 2.75) is 0 Å². The Morgan fingerprint density at radius 1 is 0.906 bits per heavy atom. The minimum atomic E-state index is -0.809. The summed E-state index contributed by atoms with van der Waals surface area (Å²) in [6.45, 7) is 3.04. The maximum Gasteiger partial charge on any atom is 0.338 e. The lowest BCUT2D eigenvalue weighted by molar-refractivity contribution is 0.0474. The first-order valence-electron chi connectivity index (χ1n) is 9.47. The second-order valence-electron chi connectivity index (χ2n) is 6.68. The van der Waals surface area contributed by atoms with Crippen molar-refractivity contribution in [3.8, 4) is 17.2 Å². The molecular formula is C23H21NO8. The molecule has 0 saturated carbocycles. The maximum atomic E-state index is 12.6. The molecular weight excluding hydrogens is 418 g/mol. The van der Waals surface area contributed by atoms with E-state index in [4.69, 9.17) is 18.9 Å². The number of Topliss-reactive ketones (excluding diaryl/α,β-unsaturated/α-hetero) is 1. The van der Waals surface area contributed by atoms with E-state index in [2.05, 4.69) is 6.58 Å². The molecule has 0 spiro atoms. The van der Waals surface area contributed by atoms with Crippen LogP contribution in [0, 0.1) is 0 Å². The molecule has 2 amide bonds. The molecule has 0 radical (unpaired) electrons. The van der Waals surface area contributed by atoms with Crippen molar-refractivity contribution >= 4 is 23.6 Å². The molecule has 1 aliphatic rings. The van der Waals surface area contributed by atoms with E-state index in [1.54, 1.807) is 0 Å². The van der Waals surface area contributed by atoms with Crippen LogP contribution in [0.5, 0.6) is 17.2 Å². The van der Waals surface area contributed by atoms with Gasteiger partial charge in [0.15, 0.2) is 18.1 Å². The molecule has 166 valence electrons. The fraction of sp³-hybridized carbons (Fsp3) is 0.217. The van der Waals surface area contributed by atoms with Gasteiger partial charge in [-0.2, -0.15) is 0 Å². The Kier molecular flexibility index (Phi) is 6.58. The second-order valence-corrected chi connectivity index (χ2v) is 6.68. The first-order valence-corrected chi connectivity index (χ1v) is 9.47. The van der Waals surface area contributed by atoms with Gasteiger partial charge in [0.1, 0.15) is 0 Å². The number of ketones is 1. The summed E-state index contributed by atoms with van der Waals surface area (Å²) in [5, 5.41) is 0. The molecule has 0 aliphatic carbocycles. The third-order valence-electron chi connectivity index (χ3n) is 4.84. The van der Waals surface area contributed by atoms with Crippen LogP contribution in [0.25, 0.3) is 0 Å². The van der Waals surface area contributed by atoms with Crippen molar-refractivity contribution < 1.29 is 38.1 Å². The van der Waals surface area contributed by atoms with Gasteiger partial charge in [0.05, 0.1) is 38.0 Å². The normalized spacial score (nSPS) is 12.3. The highest BCUT2D eigenvalue weighted by Crippen LogP contribution is 2.38. The molecule has 2 aromatic rings. The number of hydrogen-bond donors (Lipinski definition) is 0. The predicted octanol–water partition coefficient (Wildman–Crippen LogP) is 2.53. The van der Waals surface area contributed by atoms with E-state index >= 15 is 0 Å². The molecule has 9 heteroatoms. The van der Waals surface area contributed by atoms with E-state index in [1.807, 2.05) is 0 Å². The number of benzene rings is 2. The van der Waals surface area contributed by atoms with E-state index in [1.165, 1.54) is 57.7 Å². The van der Waals surface area contributed by atoms with Crippen LogP contribution in [0.1, 0.15) is 41.4 Å². The number of ether oxygens (including phenoxy) is 4. The first kappa shape index (κ1) is 22.5. The largest absolute Gasteiger partial charge is 0.493 e. The Labute approximate surface area is 184 Å². The van der Waals surface area contributed by atoms with Crippen LogP contribution in [0.4, 0.5) is 0 Å². The monoisotopic (exact) mass is 439 g/mol. The lowest BCUT2D eigenvalue weighted by atomic mass is 10.1. The number of rotatable bonds is 9. The Morgan fingerprint density at radius 2 is 1.53 bits per heavy atom. The van der Waals surface area contributed by atoms with E-state index < -0.39 is 30.2 Å². The number of carbonyl (C=O) groups is 4. The van der Waals surface area contributed by atoms with Crippen molar-refractivity contribution in [2.24, 2.45) is 0 Å². The van der Waals surface area contributed by atoms with E-state index in [9.17, 15) is 19.2 Å². The van der Waals surface area contributed by atoms with Crippen LogP contribution < -0.4 is 14.2 Å². The number of carbonyl (C=O) groups excluding carboxylic acids is 4. The predicted molar refractivity (Wildman–Crippen MR) is 113 cm³/mol. The standard InChI is InChI=1S/C23H21NO8/c1-5-8-24-21(26)15-7-6-13(9-16(15)22(24)27)23(28)32-12-17(25)14-10-18(29-2)20(31-4)19(11-14)30-3/h5-7,9-11H,1,8,12H2,2-4H3. The van der Waals surface area contributed by atoms with Gasteiger partial charge in [0, 0.05) is 12.1 Å². The number of amides is 2. The average Bonchev–Trinajstić information content (AvgIpc) is 3.05. The van der Waals surface area contributed by atoms with Crippen molar-refractivity contribution in [1.82, 2.24) is 4.90 Å². The molecule has 0 atom stereocenters. The topological polar surface area (TPSA) is 108 Å². The molecule has 1 aliphatic heterocycles. The molecule has 0 unspecified atom stereocenters. The first-order chi connectivity index (χ1) is 15.4. The van der Waals surface area contributed by atoms with Crippen molar-refractivity contribution in [3.63, 3.8) is 0 Å². The molecule has 9 nitrogen and oxygen atoms in total. The fourth-order valence-corrected chi connectivity index (χ4v) is 3.25. The van der Waals surface area contributed by atoms with E-state index in [0.29, 0.717) is 5.75 Å². The SMILES string of the molecule is C=CCN1C(=O)c2ccc(C(=O)OCC(=O)c3cc(OC)c(OC)c(OC)c3)cc2C1=O. The van der Waals surface area contributed by atoms with Gasteiger partial charge < -0.3 is 18.9 Å². The summed E-state index contributed by atoms with van der Waals surface area (Å²) in [5.74, 6) is -1.39. The maximum absolute atomic E-state index is 12.6. The van der Waals surface area contributed by atoms with Crippen LogP contribution in [0.15, 0.2) is 43.0 Å². The van der Waals surface area contributed by atoms with Gasteiger partial charge in [-0.25, -0.2) is 4.79 Å². The van der Waals surface area contributed by atoms with Gasteiger partial charge in [0.25, 0.3) is 11.8 Å². The summed E-state index contributed by atoms with van der Waals surface area (Å²) in [6, 6.07) is 6.94. The Balaban J connectivity index is 1.75. The third-order valence-corrected chi connectivity index (χ3v) is 4.84. The molecule has 3 rings (SSSR count). The zero-order valence-corrected chi connectivity index (χ0v) is 17.8. The number of fused-ring (bicyclic) bond motifs is 1. The third kappa shape index (κ3) is 4.04. The molecule has 2 aromatic carbocycles. The van der Waals surface area contributed by atoms with E-state index in [-0.39, 0.29) is 40.3 Å². The molecule has 0 fully saturated rings. The highest BCUT2D eigenvalue weighted by Gasteiger charge is 2.35. The minimum absolute atomic E-state index is 0.0445. The smallest absolute Gasteiger partial charge is 0.338 e. The molecule has 1 heterocycles. The summed E-state index contributed by atoms with van der Waals surface area (Å²) < 4.78 is 20.8. The van der Waals surface area contributed by atoms with Gasteiger partial charge in [-0.15, -0.1) is 6.58 Å². The Morgan fingerprint density at radius 3 is 2.09 bits per heavy atom. The average molecular weight is 439 g/mol. The van der Waals surface area contributed by atoms with Gasteiger partial charge in [-0.1, -0.05) is 6.08 Å². The van der Waals surface area contributed by atoms with Gasteiger partial charge in [-0.05, 0) is 30.3 Å². The van der Waals surface area contributed by atoms with Crippen LogP contribution in [-0.2, 0) is 4.74 Å². The lowest BCUT2D eigenvalue weighted by Crippen LogP contribution is -2.29. The minimum Gasteiger partial charge on any atom is -0.493 e. The van der Waals surface area contributed by atoms with Gasteiger partial charge in [0.2, 0.25) is 11.5 Å². The van der Waals surface area contributed by atoms with Crippen LogP contribution in [0.2, 0.25) is 0 Å². The molecule has 0 aromatic heterocycles. The summed E-state index contributed by atoms with van der Waals surface area (Å²) in [4.78, 5) is 50.7. The summed E-state index contributed by atoms with van der Waals surface area (Å²) in [6.07, 6.45) is 1.44. The molecule has 0 saturated heterocycles. The summed E-state index contributed by atoms with van der Waals surface area (Å²) in [5.41, 5.74) is 0.536. The second kappa shape index (κ2) is 9.34. The molecule has 32 heavy (non-hydrogen) atoms. The quantitative estimate of drug-likeness (QED) is 0.254. The number of nitrogens with zero attached hydrogens (tertiary/aromatic N) is 1. The Bertz CT molecular complexity index is 1100. The highest BCUT2D eigenvalue weighted by atomic mass is 16.5. The lowest BCUT2D eigenvalue weighted by Gasteiger charge is -2.13. The Hall–Kier alpha value is -4.14. The van der Waals surface area contributed by atoms with Crippen molar-refractivity contribution in [3.05, 3.63) is 65.2 Å². The molecule has 0 bridgehead atoms. The number of methoxy groups -OCH3 is 3. The summed E-state index contributed by atoms with van der Waals surface area (Å²) >= 11 is 0. The van der Waals surface area contributed by atoms with Gasteiger partial charge in [-0.3, -0.25) is 19.3 Å². The zero-order chi connectivity index (χ0) is 23.4. The van der Waals surface area contributed by atoms with Crippen molar-refractivity contribution in [2.75, 3.05) is 34.5 Å². The van der Waals surface area contributed by atoms with Crippen LogP contribution >= 0.6 is 0 Å². The highest BCUT2D eigenvalue weighted by molar-refractivity contribution is 6.22. The molecule has 0 N–H and O–H groups in total. The van der Waals surface area contributed by atoms with Gasteiger partial charge >= 0.3 is 5.97 Å². The van der Waals surface area contributed by atoms with Crippen LogP contribution in [-0.4, -0.2) is 62.9 Å². The number of imide groups is 1. The summed E-state index contributed by atoms with van der Waals surface area (Å²) in [7, 11) is 4.28.